The second kappa shape index (κ2) is 9.39. The molecule has 0 saturated carbocycles. The maximum absolute atomic E-state index is 13.3. The van der Waals surface area contributed by atoms with E-state index in [2.05, 4.69) is 6.07 Å². The third-order valence-corrected chi connectivity index (χ3v) is 6.80. The number of fused-ring (bicyclic) bond motifs is 1. The SMILES string of the molecule is COc1ccc(-c2cccc3c2CCC3)c(OCc2ccc(S(C)(=O)=O)cc2)c1OC(F)F. The van der Waals surface area contributed by atoms with Crippen molar-refractivity contribution in [2.24, 2.45) is 0 Å². The lowest BCUT2D eigenvalue weighted by Crippen LogP contribution is -2.08. The number of halogens is 2. The fourth-order valence-corrected chi connectivity index (χ4v) is 4.75. The molecule has 4 rings (SSSR count). The molecule has 0 saturated heterocycles. The molecule has 0 amide bonds. The van der Waals surface area contributed by atoms with Crippen LogP contribution in [-0.2, 0) is 29.3 Å². The zero-order valence-corrected chi connectivity index (χ0v) is 19.1. The monoisotopic (exact) mass is 474 g/mol. The van der Waals surface area contributed by atoms with Gasteiger partial charge in [0, 0.05) is 11.8 Å². The molecule has 0 radical (unpaired) electrons. The summed E-state index contributed by atoms with van der Waals surface area (Å²) in [5.74, 6) is 0.115. The normalized spacial score (nSPS) is 13.1. The molecule has 0 atom stereocenters. The number of benzene rings is 3. The van der Waals surface area contributed by atoms with Gasteiger partial charge in [0.1, 0.15) is 6.61 Å². The Morgan fingerprint density at radius 1 is 0.939 bits per heavy atom. The first kappa shape index (κ1) is 23.0. The Morgan fingerprint density at radius 3 is 2.36 bits per heavy atom. The van der Waals surface area contributed by atoms with Gasteiger partial charge in [0.15, 0.2) is 21.3 Å². The van der Waals surface area contributed by atoms with Crippen LogP contribution in [0.15, 0.2) is 59.5 Å². The maximum Gasteiger partial charge on any atom is 0.387 e. The molecular weight excluding hydrogens is 450 g/mol. The molecule has 3 aromatic carbocycles. The fraction of sp³-hybridized carbons (Fsp3) is 0.280. The van der Waals surface area contributed by atoms with Gasteiger partial charge in [-0.25, -0.2) is 8.42 Å². The van der Waals surface area contributed by atoms with Crippen molar-refractivity contribution in [2.75, 3.05) is 13.4 Å². The highest BCUT2D eigenvalue weighted by atomic mass is 32.2. The van der Waals surface area contributed by atoms with E-state index >= 15 is 0 Å². The van der Waals surface area contributed by atoms with Crippen molar-refractivity contribution in [3.8, 4) is 28.4 Å². The zero-order chi connectivity index (χ0) is 23.6. The number of hydrogen-bond acceptors (Lipinski definition) is 5. The summed E-state index contributed by atoms with van der Waals surface area (Å²) in [5, 5.41) is 0. The molecule has 0 unspecified atom stereocenters. The number of ether oxygens (including phenoxy) is 3. The van der Waals surface area contributed by atoms with Gasteiger partial charge in [-0.2, -0.15) is 8.78 Å². The van der Waals surface area contributed by atoms with Crippen LogP contribution in [0, 0.1) is 0 Å². The Balaban J connectivity index is 1.76. The summed E-state index contributed by atoms with van der Waals surface area (Å²) >= 11 is 0. The minimum Gasteiger partial charge on any atom is -0.493 e. The van der Waals surface area contributed by atoms with Gasteiger partial charge in [-0.05, 0) is 65.8 Å². The Hall–Kier alpha value is -3.13. The van der Waals surface area contributed by atoms with Crippen LogP contribution >= 0.6 is 0 Å². The zero-order valence-electron chi connectivity index (χ0n) is 18.3. The summed E-state index contributed by atoms with van der Waals surface area (Å²) < 4.78 is 66.2. The Bertz CT molecular complexity index is 1250. The van der Waals surface area contributed by atoms with Crippen molar-refractivity contribution in [3.63, 3.8) is 0 Å². The van der Waals surface area contributed by atoms with E-state index < -0.39 is 16.4 Å². The first-order valence-corrected chi connectivity index (χ1v) is 12.4. The molecule has 0 bridgehead atoms. The van der Waals surface area contributed by atoms with Crippen molar-refractivity contribution in [1.82, 2.24) is 0 Å². The number of methoxy groups -OCH3 is 1. The van der Waals surface area contributed by atoms with Crippen LogP contribution in [-0.4, -0.2) is 28.4 Å². The third-order valence-electron chi connectivity index (χ3n) is 5.67. The number of alkyl halides is 2. The maximum atomic E-state index is 13.3. The molecule has 0 aliphatic heterocycles. The standard InChI is InChI=1S/C25H24F2O5S/c1-30-22-14-13-21(20-8-4-6-17-5-3-7-19(17)20)23(24(22)32-25(26)27)31-15-16-9-11-18(12-10-16)33(2,28)29/h4,6,8-14,25H,3,5,7,15H2,1-2H3. The molecule has 0 fully saturated rings. The Kier molecular flexibility index (Phi) is 6.56. The van der Waals surface area contributed by atoms with Gasteiger partial charge in [0.05, 0.1) is 12.0 Å². The van der Waals surface area contributed by atoms with E-state index in [0.717, 1.165) is 31.1 Å². The average Bonchev–Trinajstić information content (AvgIpc) is 3.26. The van der Waals surface area contributed by atoms with Gasteiger partial charge in [-0.3, -0.25) is 0 Å². The summed E-state index contributed by atoms with van der Waals surface area (Å²) in [4.78, 5) is 0.190. The molecule has 0 spiro atoms. The molecule has 1 aliphatic carbocycles. The summed E-state index contributed by atoms with van der Waals surface area (Å²) in [5.41, 5.74) is 4.64. The molecule has 0 N–H and O–H groups in total. The molecular formula is C25H24F2O5S. The molecule has 3 aromatic rings. The summed E-state index contributed by atoms with van der Waals surface area (Å²) in [6.45, 7) is -3.04. The van der Waals surface area contributed by atoms with E-state index in [-0.39, 0.29) is 28.8 Å². The van der Waals surface area contributed by atoms with Gasteiger partial charge < -0.3 is 14.2 Å². The van der Waals surface area contributed by atoms with Gasteiger partial charge in [-0.1, -0.05) is 30.3 Å². The summed E-state index contributed by atoms with van der Waals surface area (Å²) in [6.07, 6.45) is 4.04. The van der Waals surface area contributed by atoms with Gasteiger partial charge in [-0.15, -0.1) is 0 Å². The second-order valence-corrected chi connectivity index (χ2v) is 9.87. The third kappa shape index (κ3) is 4.95. The van der Waals surface area contributed by atoms with Gasteiger partial charge in [0.2, 0.25) is 5.75 Å². The van der Waals surface area contributed by atoms with E-state index in [1.807, 2.05) is 12.1 Å². The quantitative estimate of drug-likeness (QED) is 0.435. The van der Waals surface area contributed by atoms with Gasteiger partial charge >= 0.3 is 6.61 Å². The van der Waals surface area contributed by atoms with E-state index in [1.54, 1.807) is 24.3 Å². The molecule has 33 heavy (non-hydrogen) atoms. The predicted molar refractivity (Wildman–Crippen MR) is 121 cm³/mol. The number of hydrogen-bond donors (Lipinski definition) is 0. The first-order valence-electron chi connectivity index (χ1n) is 10.5. The lowest BCUT2D eigenvalue weighted by atomic mass is 9.95. The number of sulfone groups is 1. The second-order valence-electron chi connectivity index (χ2n) is 7.85. The van der Waals surface area contributed by atoms with Crippen LogP contribution in [0.2, 0.25) is 0 Å². The molecule has 174 valence electrons. The van der Waals surface area contributed by atoms with Crippen molar-refractivity contribution < 1.29 is 31.4 Å². The average molecular weight is 475 g/mol. The highest BCUT2D eigenvalue weighted by Gasteiger charge is 2.24. The van der Waals surface area contributed by atoms with Crippen LogP contribution in [0.25, 0.3) is 11.1 Å². The van der Waals surface area contributed by atoms with E-state index in [4.69, 9.17) is 14.2 Å². The largest absolute Gasteiger partial charge is 0.493 e. The molecule has 0 aromatic heterocycles. The van der Waals surface area contributed by atoms with Crippen LogP contribution in [0.4, 0.5) is 8.78 Å². The molecule has 5 nitrogen and oxygen atoms in total. The van der Waals surface area contributed by atoms with Crippen LogP contribution in [0.3, 0.4) is 0 Å². The number of rotatable bonds is 8. The van der Waals surface area contributed by atoms with Crippen molar-refractivity contribution in [3.05, 3.63) is 71.3 Å². The smallest absolute Gasteiger partial charge is 0.387 e. The fourth-order valence-electron chi connectivity index (χ4n) is 4.12. The predicted octanol–water partition coefficient (Wildman–Crippen LogP) is 5.43. The van der Waals surface area contributed by atoms with E-state index in [0.29, 0.717) is 11.1 Å². The molecule has 1 aliphatic rings. The Labute approximate surface area is 191 Å². The number of aryl methyl sites for hydroxylation is 1. The van der Waals surface area contributed by atoms with Crippen molar-refractivity contribution >= 4 is 9.84 Å². The van der Waals surface area contributed by atoms with Crippen LogP contribution in [0.5, 0.6) is 17.2 Å². The first-order chi connectivity index (χ1) is 15.8. The highest BCUT2D eigenvalue weighted by Crippen LogP contribution is 2.47. The summed E-state index contributed by atoms with van der Waals surface area (Å²) in [6, 6.07) is 15.6. The lowest BCUT2D eigenvalue weighted by molar-refractivity contribution is -0.0529. The highest BCUT2D eigenvalue weighted by molar-refractivity contribution is 7.90. The van der Waals surface area contributed by atoms with Crippen LogP contribution in [0.1, 0.15) is 23.1 Å². The summed E-state index contributed by atoms with van der Waals surface area (Å²) in [7, 11) is -1.95. The Morgan fingerprint density at radius 2 is 1.70 bits per heavy atom. The van der Waals surface area contributed by atoms with E-state index in [9.17, 15) is 17.2 Å². The lowest BCUT2D eigenvalue weighted by Gasteiger charge is -2.20. The van der Waals surface area contributed by atoms with Gasteiger partial charge in [0.25, 0.3) is 0 Å². The van der Waals surface area contributed by atoms with Crippen molar-refractivity contribution in [1.29, 1.82) is 0 Å². The molecule has 0 heterocycles. The topological polar surface area (TPSA) is 61.8 Å². The minimum atomic E-state index is -3.33. The molecule has 8 heteroatoms. The van der Waals surface area contributed by atoms with Crippen LogP contribution < -0.4 is 14.2 Å². The van der Waals surface area contributed by atoms with Crippen molar-refractivity contribution in [2.45, 2.75) is 37.4 Å². The van der Waals surface area contributed by atoms with E-state index in [1.165, 1.54) is 30.4 Å². The minimum absolute atomic E-state index is 0.0266.